The van der Waals surface area contributed by atoms with Crippen molar-refractivity contribution < 1.29 is 17.6 Å². The molecule has 0 unspecified atom stereocenters. The lowest BCUT2D eigenvalue weighted by molar-refractivity contribution is -0.149. The molecule has 1 fully saturated rings. The standard InChI is InChI=1S/C13H15ClF4N2.ClH/c14-10-3-1-2-9(12(10)15)11(8-13(16,17)18)20-6-4-19-5-7-20;/h1-3,11,19H,4-8H2;1H/t11-;/m0./s1. The fraction of sp³-hybridized carbons (Fsp3) is 0.538. The van der Waals surface area contributed by atoms with E-state index in [0.717, 1.165) is 0 Å². The summed E-state index contributed by atoms with van der Waals surface area (Å²) in [5.41, 5.74) is 0.0109. The topological polar surface area (TPSA) is 15.3 Å². The number of benzene rings is 1. The second-order valence-electron chi connectivity index (χ2n) is 4.76. The van der Waals surface area contributed by atoms with Crippen molar-refractivity contribution >= 4 is 24.0 Å². The molecule has 1 aromatic rings. The van der Waals surface area contributed by atoms with Crippen molar-refractivity contribution in [3.05, 3.63) is 34.6 Å². The van der Waals surface area contributed by atoms with Crippen molar-refractivity contribution in [3.63, 3.8) is 0 Å². The van der Waals surface area contributed by atoms with Gasteiger partial charge >= 0.3 is 6.18 Å². The first kappa shape index (κ1) is 18.5. The minimum Gasteiger partial charge on any atom is -0.314 e. The number of piperazine rings is 1. The Morgan fingerprint density at radius 2 is 1.86 bits per heavy atom. The van der Waals surface area contributed by atoms with Crippen LogP contribution in [-0.4, -0.2) is 37.3 Å². The van der Waals surface area contributed by atoms with E-state index in [4.69, 9.17) is 11.6 Å². The van der Waals surface area contributed by atoms with Crippen molar-refractivity contribution in [2.45, 2.75) is 18.6 Å². The van der Waals surface area contributed by atoms with Gasteiger partial charge < -0.3 is 5.32 Å². The van der Waals surface area contributed by atoms with Gasteiger partial charge in [-0.3, -0.25) is 4.90 Å². The van der Waals surface area contributed by atoms with Gasteiger partial charge in [-0.15, -0.1) is 12.4 Å². The Labute approximate surface area is 131 Å². The third-order valence-electron chi connectivity index (χ3n) is 3.36. The second kappa shape index (κ2) is 7.63. The van der Waals surface area contributed by atoms with Crippen molar-refractivity contribution in [2.75, 3.05) is 26.2 Å². The van der Waals surface area contributed by atoms with Crippen LogP contribution in [0.4, 0.5) is 17.6 Å². The molecule has 1 N–H and O–H groups in total. The lowest BCUT2D eigenvalue weighted by Gasteiger charge is -2.35. The van der Waals surface area contributed by atoms with Crippen LogP contribution < -0.4 is 5.32 Å². The number of rotatable bonds is 3. The molecule has 1 saturated heterocycles. The van der Waals surface area contributed by atoms with E-state index >= 15 is 0 Å². The molecule has 0 aliphatic carbocycles. The number of nitrogens with zero attached hydrogens (tertiary/aromatic N) is 1. The minimum absolute atomic E-state index is 0. The normalized spacial score (nSPS) is 18.1. The van der Waals surface area contributed by atoms with Crippen LogP contribution >= 0.6 is 24.0 Å². The van der Waals surface area contributed by atoms with Gasteiger partial charge in [0.15, 0.2) is 0 Å². The zero-order valence-corrected chi connectivity index (χ0v) is 12.7. The van der Waals surface area contributed by atoms with Gasteiger partial charge in [-0.05, 0) is 6.07 Å². The van der Waals surface area contributed by atoms with Gasteiger partial charge in [-0.2, -0.15) is 13.2 Å². The molecule has 0 spiro atoms. The molecule has 8 heteroatoms. The van der Waals surface area contributed by atoms with Crippen molar-refractivity contribution in [3.8, 4) is 0 Å². The van der Waals surface area contributed by atoms with Crippen LogP contribution in [0.5, 0.6) is 0 Å². The zero-order valence-electron chi connectivity index (χ0n) is 11.1. The lowest BCUT2D eigenvalue weighted by atomic mass is 10.00. The van der Waals surface area contributed by atoms with E-state index in [1.54, 1.807) is 4.90 Å². The van der Waals surface area contributed by atoms with E-state index in [1.165, 1.54) is 18.2 Å². The Morgan fingerprint density at radius 3 is 2.43 bits per heavy atom. The third kappa shape index (κ3) is 4.98. The molecule has 0 bridgehead atoms. The highest BCUT2D eigenvalue weighted by atomic mass is 35.5. The van der Waals surface area contributed by atoms with Crippen molar-refractivity contribution in [1.29, 1.82) is 0 Å². The Hall–Kier alpha value is -0.560. The summed E-state index contributed by atoms with van der Waals surface area (Å²) in [4.78, 5) is 1.65. The van der Waals surface area contributed by atoms with E-state index < -0.39 is 24.5 Å². The van der Waals surface area contributed by atoms with E-state index in [9.17, 15) is 17.6 Å². The lowest BCUT2D eigenvalue weighted by Crippen LogP contribution is -2.46. The van der Waals surface area contributed by atoms with E-state index in [-0.39, 0.29) is 23.0 Å². The maximum atomic E-state index is 14.0. The van der Waals surface area contributed by atoms with Crippen LogP contribution in [0.3, 0.4) is 0 Å². The summed E-state index contributed by atoms with van der Waals surface area (Å²) in [6.45, 7) is 2.09. The highest BCUT2D eigenvalue weighted by molar-refractivity contribution is 6.30. The summed E-state index contributed by atoms with van der Waals surface area (Å²) >= 11 is 5.68. The molecule has 120 valence electrons. The highest BCUT2D eigenvalue weighted by Crippen LogP contribution is 2.36. The number of hydrogen-bond acceptors (Lipinski definition) is 2. The van der Waals surface area contributed by atoms with Crippen LogP contribution in [0.1, 0.15) is 18.0 Å². The Morgan fingerprint density at radius 1 is 1.24 bits per heavy atom. The Kier molecular flexibility index (Phi) is 6.71. The summed E-state index contributed by atoms with van der Waals surface area (Å²) in [6, 6.07) is 3.16. The maximum Gasteiger partial charge on any atom is 0.390 e. The predicted molar refractivity (Wildman–Crippen MR) is 76.5 cm³/mol. The SMILES string of the molecule is Cl.Fc1c(Cl)cccc1[C@H](CC(F)(F)F)N1CCNCC1. The molecule has 1 heterocycles. The molecule has 1 aromatic carbocycles. The Bertz CT molecular complexity index is 462. The van der Waals surface area contributed by atoms with Crippen LogP contribution in [0.25, 0.3) is 0 Å². The van der Waals surface area contributed by atoms with Crippen LogP contribution in [-0.2, 0) is 0 Å². The van der Waals surface area contributed by atoms with Crippen LogP contribution in [0, 0.1) is 5.82 Å². The van der Waals surface area contributed by atoms with Crippen molar-refractivity contribution in [1.82, 2.24) is 10.2 Å². The fourth-order valence-electron chi connectivity index (χ4n) is 2.43. The summed E-state index contributed by atoms with van der Waals surface area (Å²) in [5.74, 6) is -0.762. The van der Waals surface area contributed by atoms with Gasteiger partial charge in [0.25, 0.3) is 0 Å². The largest absolute Gasteiger partial charge is 0.390 e. The summed E-state index contributed by atoms with van der Waals surface area (Å²) < 4.78 is 52.4. The van der Waals surface area contributed by atoms with E-state index in [1.807, 2.05) is 0 Å². The first-order valence-corrected chi connectivity index (χ1v) is 6.72. The van der Waals surface area contributed by atoms with Gasteiger partial charge in [0.05, 0.1) is 11.4 Å². The van der Waals surface area contributed by atoms with Crippen LogP contribution in [0.15, 0.2) is 18.2 Å². The molecule has 0 aromatic heterocycles. The Balaban J connectivity index is 0.00000220. The van der Waals surface area contributed by atoms with Gasteiger partial charge in [0.1, 0.15) is 5.82 Å². The van der Waals surface area contributed by atoms with Gasteiger partial charge in [-0.25, -0.2) is 4.39 Å². The molecule has 1 atom stereocenters. The highest BCUT2D eigenvalue weighted by Gasteiger charge is 2.37. The predicted octanol–water partition coefficient (Wildman–Crippen LogP) is 3.80. The van der Waals surface area contributed by atoms with Crippen molar-refractivity contribution in [2.24, 2.45) is 0 Å². The average Bonchev–Trinajstić information content (AvgIpc) is 2.40. The average molecular weight is 347 g/mol. The van der Waals surface area contributed by atoms with E-state index in [0.29, 0.717) is 26.2 Å². The fourth-order valence-corrected chi connectivity index (χ4v) is 2.61. The number of halogens is 6. The maximum absolute atomic E-state index is 14.0. The zero-order chi connectivity index (χ0) is 14.8. The summed E-state index contributed by atoms with van der Waals surface area (Å²) in [5, 5.41) is 2.92. The monoisotopic (exact) mass is 346 g/mol. The number of nitrogens with one attached hydrogen (secondary N) is 1. The molecule has 2 nitrogen and oxygen atoms in total. The summed E-state index contributed by atoms with van der Waals surface area (Å²) in [7, 11) is 0. The first-order chi connectivity index (χ1) is 9.38. The molecule has 21 heavy (non-hydrogen) atoms. The number of alkyl halides is 3. The molecule has 1 aliphatic rings. The van der Waals surface area contributed by atoms with Gasteiger partial charge in [0, 0.05) is 37.8 Å². The summed E-state index contributed by atoms with van der Waals surface area (Å²) in [6.07, 6.45) is -5.44. The van der Waals surface area contributed by atoms with Crippen LogP contribution in [0.2, 0.25) is 5.02 Å². The molecule has 2 rings (SSSR count). The third-order valence-corrected chi connectivity index (χ3v) is 3.65. The molecular formula is C13H16Cl2F4N2. The molecule has 0 radical (unpaired) electrons. The molecular weight excluding hydrogens is 331 g/mol. The molecule has 0 saturated carbocycles. The first-order valence-electron chi connectivity index (χ1n) is 6.34. The second-order valence-corrected chi connectivity index (χ2v) is 5.17. The smallest absolute Gasteiger partial charge is 0.314 e. The quantitative estimate of drug-likeness (QED) is 0.837. The number of hydrogen-bond donors (Lipinski definition) is 1. The van der Waals surface area contributed by atoms with Gasteiger partial charge in [0.2, 0.25) is 0 Å². The molecule has 1 aliphatic heterocycles. The van der Waals surface area contributed by atoms with E-state index in [2.05, 4.69) is 5.32 Å². The van der Waals surface area contributed by atoms with Gasteiger partial charge in [-0.1, -0.05) is 23.7 Å². The minimum atomic E-state index is -4.36. The molecule has 0 amide bonds.